The van der Waals surface area contributed by atoms with Gasteiger partial charge in [-0.05, 0) is 38.3 Å². The second kappa shape index (κ2) is 5.31. The highest BCUT2D eigenvalue weighted by molar-refractivity contribution is 6.07. The third-order valence-corrected chi connectivity index (χ3v) is 3.40. The summed E-state index contributed by atoms with van der Waals surface area (Å²) in [6, 6.07) is 11.7. The monoisotopic (exact) mass is 257 g/mol. The highest BCUT2D eigenvalue weighted by Gasteiger charge is 2.15. The molecule has 100 valence electrons. The van der Waals surface area contributed by atoms with E-state index in [9.17, 15) is 9.90 Å². The first-order valence-corrected chi connectivity index (χ1v) is 6.58. The van der Waals surface area contributed by atoms with Crippen molar-refractivity contribution in [3.8, 4) is 0 Å². The van der Waals surface area contributed by atoms with Gasteiger partial charge in [0.2, 0.25) is 0 Å². The predicted molar refractivity (Wildman–Crippen MR) is 79.1 cm³/mol. The maximum absolute atomic E-state index is 11.3. The number of nitrogens with zero attached hydrogens (tertiary/aromatic N) is 1. The van der Waals surface area contributed by atoms with Crippen LogP contribution >= 0.6 is 0 Å². The SMILES string of the molecule is CCN(c1ccc(C(=O)O)c2ccccc12)C(C)C. The van der Waals surface area contributed by atoms with Gasteiger partial charge in [-0.1, -0.05) is 24.3 Å². The van der Waals surface area contributed by atoms with Crippen LogP contribution in [0.3, 0.4) is 0 Å². The number of carboxylic acids is 1. The van der Waals surface area contributed by atoms with Crippen molar-refractivity contribution in [2.24, 2.45) is 0 Å². The lowest BCUT2D eigenvalue weighted by atomic mass is 10.0. The summed E-state index contributed by atoms with van der Waals surface area (Å²) in [5.74, 6) is -0.879. The molecule has 0 bridgehead atoms. The van der Waals surface area contributed by atoms with Crippen LogP contribution in [0.15, 0.2) is 36.4 Å². The van der Waals surface area contributed by atoms with Crippen molar-refractivity contribution in [3.05, 3.63) is 42.0 Å². The minimum atomic E-state index is -0.879. The van der Waals surface area contributed by atoms with E-state index in [1.54, 1.807) is 6.07 Å². The zero-order valence-corrected chi connectivity index (χ0v) is 11.6. The van der Waals surface area contributed by atoms with Gasteiger partial charge in [-0.2, -0.15) is 0 Å². The number of hydrogen-bond acceptors (Lipinski definition) is 2. The number of benzene rings is 2. The van der Waals surface area contributed by atoms with Gasteiger partial charge in [0.25, 0.3) is 0 Å². The highest BCUT2D eigenvalue weighted by Crippen LogP contribution is 2.30. The number of carbonyl (C=O) groups is 1. The molecular weight excluding hydrogens is 238 g/mol. The molecule has 0 heterocycles. The first-order valence-electron chi connectivity index (χ1n) is 6.58. The normalized spacial score (nSPS) is 10.9. The quantitative estimate of drug-likeness (QED) is 0.906. The van der Waals surface area contributed by atoms with Crippen LogP contribution in [-0.4, -0.2) is 23.7 Å². The molecule has 0 saturated heterocycles. The van der Waals surface area contributed by atoms with Gasteiger partial charge in [0.1, 0.15) is 0 Å². The molecule has 2 rings (SSSR count). The molecule has 0 unspecified atom stereocenters. The van der Waals surface area contributed by atoms with E-state index in [1.165, 1.54) is 0 Å². The zero-order chi connectivity index (χ0) is 14.0. The number of hydrogen-bond donors (Lipinski definition) is 1. The summed E-state index contributed by atoms with van der Waals surface area (Å²) in [4.78, 5) is 13.6. The molecule has 0 atom stereocenters. The maximum atomic E-state index is 11.3. The Hall–Kier alpha value is -2.03. The summed E-state index contributed by atoms with van der Waals surface area (Å²) in [5.41, 5.74) is 1.46. The Morgan fingerprint density at radius 2 is 1.79 bits per heavy atom. The van der Waals surface area contributed by atoms with Crippen LogP contribution in [-0.2, 0) is 0 Å². The van der Waals surface area contributed by atoms with Crippen molar-refractivity contribution in [2.75, 3.05) is 11.4 Å². The van der Waals surface area contributed by atoms with Crippen LogP contribution in [0, 0.1) is 0 Å². The molecular formula is C16H19NO2. The second-order valence-electron chi connectivity index (χ2n) is 4.86. The molecule has 0 aliphatic rings. The average Bonchev–Trinajstić information content (AvgIpc) is 2.39. The van der Waals surface area contributed by atoms with E-state index in [4.69, 9.17) is 0 Å². The molecule has 0 aromatic heterocycles. The summed E-state index contributed by atoms with van der Waals surface area (Å²) < 4.78 is 0. The lowest BCUT2D eigenvalue weighted by molar-refractivity contribution is 0.0699. The maximum Gasteiger partial charge on any atom is 0.336 e. The van der Waals surface area contributed by atoms with Gasteiger partial charge in [0.15, 0.2) is 0 Å². The fourth-order valence-electron chi connectivity index (χ4n) is 2.53. The second-order valence-corrected chi connectivity index (χ2v) is 4.86. The van der Waals surface area contributed by atoms with E-state index in [0.29, 0.717) is 11.6 Å². The molecule has 0 radical (unpaired) electrons. The molecule has 0 spiro atoms. The first-order chi connectivity index (χ1) is 9.06. The largest absolute Gasteiger partial charge is 0.478 e. The number of rotatable bonds is 4. The van der Waals surface area contributed by atoms with Crippen LogP contribution in [0.1, 0.15) is 31.1 Å². The molecule has 0 aliphatic heterocycles. The fourth-order valence-corrected chi connectivity index (χ4v) is 2.53. The lowest BCUT2D eigenvalue weighted by Gasteiger charge is -2.29. The van der Waals surface area contributed by atoms with Crippen LogP contribution in [0.5, 0.6) is 0 Å². The van der Waals surface area contributed by atoms with E-state index in [0.717, 1.165) is 23.0 Å². The van der Waals surface area contributed by atoms with Crippen LogP contribution < -0.4 is 4.90 Å². The number of carboxylic acid groups (broad SMARTS) is 1. The Morgan fingerprint density at radius 1 is 1.16 bits per heavy atom. The Bertz CT molecular complexity index is 605. The molecule has 0 fully saturated rings. The third-order valence-electron chi connectivity index (χ3n) is 3.40. The zero-order valence-electron chi connectivity index (χ0n) is 11.6. The van der Waals surface area contributed by atoms with Crippen molar-refractivity contribution >= 4 is 22.4 Å². The van der Waals surface area contributed by atoms with Crippen molar-refractivity contribution in [2.45, 2.75) is 26.8 Å². The van der Waals surface area contributed by atoms with E-state index in [2.05, 4.69) is 25.7 Å². The minimum absolute atomic E-state index is 0.360. The smallest absolute Gasteiger partial charge is 0.336 e. The molecule has 1 N–H and O–H groups in total. The number of aromatic carboxylic acids is 1. The van der Waals surface area contributed by atoms with E-state index >= 15 is 0 Å². The molecule has 19 heavy (non-hydrogen) atoms. The van der Waals surface area contributed by atoms with Crippen molar-refractivity contribution < 1.29 is 9.90 Å². The Kier molecular flexibility index (Phi) is 3.74. The predicted octanol–water partition coefficient (Wildman–Crippen LogP) is 3.77. The summed E-state index contributed by atoms with van der Waals surface area (Å²) in [6.45, 7) is 7.29. The number of fused-ring (bicyclic) bond motifs is 1. The Labute approximate surface area is 113 Å². The summed E-state index contributed by atoms with van der Waals surface area (Å²) >= 11 is 0. The van der Waals surface area contributed by atoms with Crippen LogP contribution in [0.2, 0.25) is 0 Å². The van der Waals surface area contributed by atoms with Crippen molar-refractivity contribution in [1.29, 1.82) is 0 Å². The van der Waals surface area contributed by atoms with E-state index < -0.39 is 5.97 Å². The lowest BCUT2D eigenvalue weighted by Crippen LogP contribution is -2.30. The molecule has 2 aromatic rings. The summed E-state index contributed by atoms with van der Waals surface area (Å²) in [5, 5.41) is 11.1. The van der Waals surface area contributed by atoms with Gasteiger partial charge >= 0.3 is 5.97 Å². The molecule has 0 amide bonds. The summed E-state index contributed by atoms with van der Waals surface area (Å²) in [7, 11) is 0. The topological polar surface area (TPSA) is 40.5 Å². The highest BCUT2D eigenvalue weighted by atomic mass is 16.4. The Morgan fingerprint density at radius 3 is 2.32 bits per heavy atom. The average molecular weight is 257 g/mol. The standard InChI is InChI=1S/C16H19NO2/c1-4-17(11(2)3)15-10-9-14(16(18)19)12-7-5-6-8-13(12)15/h5-11H,4H2,1-3H3,(H,18,19). The van der Waals surface area contributed by atoms with E-state index in [1.807, 2.05) is 30.3 Å². The molecule has 3 heteroatoms. The molecule has 0 aliphatic carbocycles. The van der Waals surface area contributed by atoms with Crippen molar-refractivity contribution in [3.63, 3.8) is 0 Å². The van der Waals surface area contributed by atoms with Crippen LogP contribution in [0.4, 0.5) is 5.69 Å². The molecule has 2 aromatic carbocycles. The molecule has 3 nitrogen and oxygen atoms in total. The third kappa shape index (κ3) is 2.41. The van der Waals surface area contributed by atoms with Gasteiger partial charge in [0.05, 0.1) is 5.56 Å². The van der Waals surface area contributed by atoms with Gasteiger partial charge in [-0.3, -0.25) is 0 Å². The number of anilines is 1. The molecule has 0 saturated carbocycles. The fraction of sp³-hybridized carbons (Fsp3) is 0.312. The first kappa shape index (κ1) is 13.4. The Balaban J connectivity index is 2.71. The van der Waals surface area contributed by atoms with Gasteiger partial charge < -0.3 is 10.0 Å². The van der Waals surface area contributed by atoms with Crippen molar-refractivity contribution in [1.82, 2.24) is 0 Å². The van der Waals surface area contributed by atoms with Crippen LogP contribution in [0.25, 0.3) is 10.8 Å². The summed E-state index contributed by atoms with van der Waals surface area (Å²) in [6.07, 6.45) is 0. The minimum Gasteiger partial charge on any atom is -0.478 e. The van der Waals surface area contributed by atoms with Gasteiger partial charge in [-0.25, -0.2) is 4.79 Å². The van der Waals surface area contributed by atoms with Gasteiger partial charge in [0, 0.05) is 23.7 Å². The van der Waals surface area contributed by atoms with E-state index in [-0.39, 0.29) is 0 Å². The van der Waals surface area contributed by atoms with Gasteiger partial charge in [-0.15, -0.1) is 0 Å².